The second-order valence-electron chi connectivity index (χ2n) is 4.31. The first-order valence-electron chi connectivity index (χ1n) is 6.50. The Kier molecular flexibility index (Phi) is 6.43. The molecule has 5 nitrogen and oxygen atoms in total. The van der Waals surface area contributed by atoms with E-state index in [1.807, 2.05) is 0 Å². The molecule has 2 amide bonds. The molecule has 0 aliphatic carbocycles. The highest BCUT2D eigenvalue weighted by molar-refractivity contribution is 5.97. The molecule has 0 saturated heterocycles. The van der Waals surface area contributed by atoms with E-state index in [-0.39, 0.29) is 17.2 Å². The summed E-state index contributed by atoms with van der Waals surface area (Å²) in [5.41, 5.74) is 0.666. The molecule has 0 saturated carbocycles. The summed E-state index contributed by atoms with van der Waals surface area (Å²) in [6, 6.07) is 4.41. The van der Waals surface area contributed by atoms with Crippen LogP contribution in [0.3, 0.4) is 0 Å². The summed E-state index contributed by atoms with van der Waals surface area (Å²) in [5.74, 6) is -0.440. The van der Waals surface area contributed by atoms with Crippen LogP contribution in [0.4, 0.5) is 5.69 Å². The number of rotatable bonds is 8. The van der Waals surface area contributed by atoms with Gasteiger partial charge in [0.1, 0.15) is 5.75 Å². The third-order valence-corrected chi connectivity index (χ3v) is 2.78. The molecular formula is C14H20N2O3. The SMILES string of the molecule is CCCCCCNC(=O)c1ccc(NC=O)cc1O. The van der Waals surface area contributed by atoms with Gasteiger partial charge in [-0.05, 0) is 18.6 Å². The van der Waals surface area contributed by atoms with Crippen LogP contribution in [0.1, 0.15) is 43.0 Å². The van der Waals surface area contributed by atoms with Gasteiger partial charge in [0.05, 0.1) is 5.56 Å². The van der Waals surface area contributed by atoms with Crippen LogP contribution in [0.5, 0.6) is 5.75 Å². The van der Waals surface area contributed by atoms with Crippen LogP contribution in [-0.2, 0) is 4.79 Å². The van der Waals surface area contributed by atoms with Crippen molar-refractivity contribution in [3.8, 4) is 5.75 Å². The lowest BCUT2D eigenvalue weighted by Gasteiger charge is -2.08. The minimum atomic E-state index is -0.299. The largest absolute Gasteiger partial charge is 0.507 e. The molecule has 0 atom stereocenters. The van der Waals surface area contributed by atoms with Crippen LogP contribution in [-0.4, -0.2) is 24.0 Å². The number of amides is 2. The van der Waals surface area contributed by atoms with Crippen LogP contribution < -0.4 is 10.6 Å². The van der Waals surface area contributed by atoms with Gasteiger partial charge >= 0.3 is 0 Å². The fraction of sp³-hybridized carbons (Fsp3) is 0.429. The monoisotopic (exact) mass is 264 g/mol. The average molecular weight is 264 g/mol. The lowest BCUT2D eigenvalue weighted by atomic mass is 10.1. The number of benzene rings is 1. The number of hydrogen-bond donors (Lipinski definition) is 3. The van der Waals surface area contributed by atoms with E-state index in [0.717, 1.165) is 25.7 Å². The van der Waals surface area contributed by atoms with Gasteiger partial charge < -0.3 is 15.7 Å². The summed E-state index contributed by atoms with van der Waals surface area (Å²) in [7, 11) is 0. The molecule has 0 heterocycles. The zero-order valence-corrected chi connectivity index (χ0v) is 11.1. The van der Waals surface area contributed by atoms with E-state index in [4.69, 9.17) is 0 Å². The maximum atomic E-state index is 11.8. The maximum Gasteiger partial charge on any atom is 0.255 e. The summed E-state index contributed by atoms with van der Waals surface area (Å²) in [6.45, 7) is 2.73. The number of anilines is 1. The van der Waals surface area contributed by atoms with Gasteiger partial charge in [0.15, 0.2) is 0 Å². The van der Waals surface area contributed by atoms with Gasteiger partial charge in [0.25, 0.3) is 5.91 Å². The molecule has 0 spiro atoms. The molecule has 19 heavy (non-hydrogen) atoms. The van der Waals surface area contributed by atoms with Crippen molar-refractivity contribution >= 4 is 18.0 Å². The normalized spacial score (nSPS) is 9.95. The highest BCUT2D eigenvalue weighted by Gasteiger charge is 2.10. The number of nitrogens with one attached hydrogen (secondary N) is 2. The smallest absolute Gasteiger partial charge is 0.255 e. The van der Waals surface area contributed by atoms with Crippen LogP contribution in [0, 0.1) is 0 Å². The molecule has 0 bridgehead atoms. The maximum absolute atomic E-state index is 11.8. The number of phenols is 1. The molecule has 0 aliphatic rings. The Bertz CT molecular complexity index is 433. The number of unbranched alkanes of at least 4 members (excludes halogenated alkanes) is 3. The zero-order valence-electron chi connectivity index (χ0n) is 11.1. The number of hydrogen-bond acceptors (Lipinski definition) is 3. The highest BCUT2D eigenvalue weighted by Crippen LogP contribution is 2.21. The first-order chi connectivity index (χ1) is 9.19. The molecule has 1 aromatic rings. The Hall–Kier alpha value is -2.04. The summed E-state index contributed by atoms with van der Waals surface area (Å²) < 4.78 is 0. The van der Waals surface area contributed by atoms with Crippen LogP contribution >= 0.6 is 0 Å². The summed E-state index contributed by atoms with van der Waals surface area (Å²) in [4.78, 5) is 22.1. The first-order valence-corrected chi connectivity index (χ1v) is 6.50. The van der Waals surface area contributed by atoms with Gasteiger partial charge in [-0.15, -0.1) is 0 Å². The summed E-state index contributed by atoms with van der Waals surface area (Å²) in [5, 5.41) is 14.9. The number of carbonyl (C=O) groups excluding carboxylic acids is 2. The third-order valence-electron chi connectivity index (χ3n) is 2.78. The van der Waals surface area contributed by atoms with Crippen molar-refractivity contribution in [3.05, 3.63) is 23.8 Å². The molecule has 104 valence electrons. The van der Waals surface area contributed by atoms with E-state index in [2.05, 4.69) is 17.6 Å². The van der Waals surface area contributed by atoms with Crippen molar-refractivity contribution in [1.29, 1.82) is 0 Å². The Morgan fingerprint density at radius 1 is 1.32 bits per heavy atom. The van der Waals surface area contributed by atoms with E-state index in [9.17, 15) is 14.7 Å². The average Bonchev–Trinajstić information content (AvgIpc) is 2.39. The van der Waals surface area contributed by atoms with E-state index < -0.39 is 0 Å². The molecule has 3 N–H and O–H groups in total. The summed E-state index contributed by atoms with van der Waals surface area (Å²) in [6.07, 6.45) is 4.85. The van der Waals surface area contributed by atoms with Crippen molar-refractivity contribution in [3.63, 3.8) is 0 Å². The fourth-order valence-electron chi connectivity index (χ4n) is 1.73. The van der Waals surface area contributed by atoms with Gasteiger partial charge in [-0.25, -0.2) is 0 Å². The van der Waals surface area contributed by atoms with Crippen molar-refractivity contribution in [2.75, 3.05) is 11.9 Å². The van der Waals surface area contributed by atoms with Crippen molar-refractivity contribution in [1.82, 2.24) is 5.32 Å². The van der Waals surface area contributed by atoms with Gasteiger partial charge in [-0.2, -0.15) is 0 Å². The Morgan fingerprint density at radius 2 is 2.11 bits per heavy atom. The van der Waals surface area contributed by atoms with Gasteiger partial charge in [0, 0.05) is 18.3 Å². The Labute approximate surface area is 113 Å². The van der Waals surface area contributed by atoms with Crippen LogP contribution in [0.2, 0.25) is 0 Å². The van der Waals surface area contributed by atoms with E-state index in [1.165, 1.54) is 12.1 Å². The molecule has 0 fully saturated rings. The molecule has 5 heteroatoms. The van der Waals surface area contributed by atoms with Crippen LogP contribution in [0.25, 0.3) is 0 Å². The second-order valence-corrected chi connectivity index (χ2v) is 4.31. The minimum absolute atomic E-state index is 0.141. The van der Waals surface area contributed by atoms with E-state index >= 15 is 0 Å². The minimum Gasteiger partial charge on any atom is -0.507 e. The molecule has 0 aliphatic heterocycles. The topological polar surface area (TPSA) is 78.4 Å². The Balaban J connectivity index is 2.50. The predicted octanol–water partition coefficient (Wildman–Crippen LogP) is 2.27. The van der Waals surface area contributed by atoms with Crippen molar-refractivity contribution in [2.45, 2.75) is 32.6 Å². The van der Waals surface area contributed by atoms with E-state index in [1.54, 1.807) is 6.07 Å². The van der Waals surface area contributed by atoms with Gasteiger partial charge in [-0.3, -0.25) is 9.59 Å². The van der Waals surface area contributed by atoms with Gasteiger partial charge in [0.2, 0.25) is 6.41 Å². The standard InChI is InChI=1S/C14H20N2O3/c1-2-3-4-5-8-15-14(19)12-7-6-11(16-10-17)9-13(12)18/h6-7,9-10,18H,2-5,8H2,1H3,(H,15,19)(H,16,17). The third kappa shape index (κ3) is 4.99. The summed E-state index contributed by atoms with van der Waals surface area (Å²) >= 11 is 0. The predicted molar refractivity (Wildman–Crippen MR) is 74.3 cm³/mol. The molecule has 0 unspecified atom stereocenters. The lowest BCUT2D eigenvalue weighted by Crippen LogP contribution is -2.24. The lowest BCUT2D eigenvalue weighted by molar-refractivity contribution is -0.105. The number of aromatic hydroxyl groups is 1. The molecule has 0 radical (unpaired) electrons. The van der Waals surface area contributed by atoms with Crippen LogP contribution in [0.15, 0.2) is 18.2 Å². The van der Waals surface area contributed by atoms with Crippen molar-refractivity contribution < 1.29 is 14.7 Å². The second kappa shape index (κ2) is 8.13. The molecule has 1 rings (SSSR count). The molecule has 1 aromatic carbocycles. The Morgan fingerprint density at radius 3 is 2.74 bits per heavy atom. The molecular weight excluding hydrogens is 244 g/mol. The number of carbonyl (C=O) groups is 2. The van der Waals surface area contributed by atoms with E-state index in [0.29, 0.717) is 18.6 Å². The highest BCUT2D eigenvalue weighted by atomic mass is 16.3. The fourth-order valence-corrected chi connectivity index (χ4v) is 1.73. The first kappa shape index (κ1) is 15.0. The molecule has 0 aromatic heterocycles. The quantitative estimate of drug-likeness (QED) is 0.498. The van der Waals surface area contributed by atoms with Crippen molar-refractivity contribution in [2.24, 2.45) is 0 Å². The van der Waals surface area contributed by atoms with Gasteiger partial charge in [-0.1, -0.05) is 26.2 Å². The zero-order chi connectivity index (χ0) is 14.1. The number of phenolic OH excluding ortho intramolecular Hbond substituents is 1.